The van der Waals surface area contributed by atoms with Gasteiger partial charge in [0.2, 0.25) is 5.89 Å². The highest BCUT2D eigenvalue weighted by Gasteiger charge is 2.28. The number of fused-ring (bicyclic) bond motifs is 1. The Balaban J connectivity index is 2.00. The molecule has 0 saturated carbocycles. The Morgan fingerprint density at radius 1 is 1.12 bits per heavy atom. The van der Waals surface area contributed by atoms with Gasteiger partial charge in [-0.2, -0.15) is 0 Å². The van der Waals surface area contributed by atoms with E-state index in [0.29, 0.717) is 17.5 Å². The van der Waals surface area contributed by atoms with Gasteiger partial charge >= 0.3 is 5.97 Å². The molecule has 5 nitrogen and oxygen atoms in total. The van der Waals surface area contributed by atoms with Crippen LogP contribution in [0.25, 0.3) is 11.1 Å². The molecule has 0 aliphatic heterocycles. The van der Waals surface area contributed by atoms with Gasteiger partial charge in [0.15, 0.2) is 10.7 Å². The Hall–Kier alpha value is -2.60. The number of thiol groups is 1. The Labute approximate surface area is 143 Å². The number of oxazole rings is 1. The fourth-order valence-electron chi connectivity index (χ4n) is 2.58. The summed E-state index contributed by atoms with van der Waals surface area (Å²) < 4.78 is 5.72. The molecule has 3 aromatic rings. The summed E-state index contributed by atoms with van der Waals surface area (Å²) in [5, 5.41) is 8.80. The number of hydrogen-bond donors (Lipinski definition) is 2. The van der Waals surface area contributed by atoms with Crippen LogP contribution in [0.5, 0.6) is 0 Å². The van der Waals surface area contributed by atoms with E-state index in [-0.39, 0.29) is 12.3 Å². The molecular weight excluding hydrogens is 326 g/mol. The highest BCUT2D eigenvalue weighted by atomic mass is 32.1. The number of aliphatic carboxylic acids is 1. The number of carboxylic acids is 1. The normalized spacial score (nSPS) is 12.2. The van der Waals surface area contributed by atoms with Crippen molar-refractivity contribution in [3.05, 3.63) is 65.5 Å². The maximum atomic E-state index is 11.4. The zero-order chi connectivity index (χ0) is 17.1. The smallest absolute Gasteiger partial charge is 0.316 e. The highest BCUT2D eigenvalue weighted by molar-refractivity contribution is 7.96. The van der Waals surface area contributed by atoms with Gasteiger partial charge < -0.3 is 9.52 Å². The molecule has 1 atom stereocenters. The third kappa shape index (κ3) is 3.49. The van der Waals surface area contributed by atoms with E-state index in [9.17, 15) is 14.7 Å². The molecule has 6 heteroatoms. The molecule has 1 N–H and O–H groups in total. The topological polar surface area (TPSA) is 80.4 Å². The molecule has 0 fully saturated rings. The van der Waals surface area contributed by atoms with Crippen LogP contribution in [0.4, 0.5) is 0 Å². The lowest BCUT2D eigenvalue weighted by atomic mass is 10.0. The lowest BCUT2D eigenvalue weighted by Gasteiger charge is -2.05. The number of rotatable bonds is 6. The molecule has 0 saturated heterocycles. The lowest BCUT2D eigenvalue weighted by molar-refractivity contribution is -0.140. The molecule has 0 aliphatic carbocycles. The maximum Gasteiger partial charge on any atom is 0.316 e. The van der Waals surface area contributed by atoms with Crippen molar-refractivity contribution in [3.8, 4) is 0 Å². The molecular formula is C18H15NO4S. The number of carbonyl (C=O) groups excluding carboxylic acids is 1. The van der Waals surface area contributed by atoms with Gasteiger partial charge in [-0.25, -0.2) is 4.98 Å². The molecule has 1 heterocycles. The molecule has 0 spiro atoms. The van der Waals surface area contributed by atoms with Crippen LogP contribution >= 0.6 is 12.6 Å². The molecule has 122 valence electrons. The van der Waals surface area contributed by atoms with Crippen LogP contribution in [0.2, 0.25) is 0 Å². The second-order valence-corrected chi connectivity index (χ2v) is 5.97. The summed E-state index contributed by atoms with van der Waals surface area (Å²) in [4.78, 5) is 26.8. The Bertz CT molecular complexity index is 888. The first-order chi connectivity index (χ1) is 11.5. The minimum atomic E-state index is -1.16. The molecule has 0 amide bonds. The predicted molar refractivity (Wildman–Crippen MR) is 92.2 cm³/mol. The largest absolute Gasteiger partial charge is 0.481 e. The standard InChI is InChI=1S/C18H15NO4S/c20-15(24)10-13(18(21)22)17-19-14-8-4-7-12(16(14)23-17)9-11-5-2-1-3-6-11/h1-8,13H,9-10H2,(H,20,24)(H,21,22). The first-order valence-electron chi connectivity index (χ1n) is 7.41. The van der Waals surface area contributed by atoms with Crippen LogP contribution in [0.3, 0.4) is 0 Å². The van der Waals surface area contributed by atoms with Gasteiger partial charge in [-0.3, -0.25) is 9.59 Å². The summed E-state index contributed by atoms with van der Waals surface area (Å²) in [5.74, 6) is -2.26. The average Bonchev–Trinajstić information content (AvgIpc) is 2.98. The fourth-order valence-corrected chi connectivity index (χ4v) is 2.76. The molecule has 1 aromatic heterocycles. The van der Waals surface area contributed by atoms with Crippen LogP contribution < -0.4 is 0 Å². The minimum absolute atomic E-state index is 0.0282. The number of benzene rings is 2. The highest BCUT2D eigenvalue weighted by Crippen LogP contribution is 2.28. The summed E-state index contributed by atoms with van der Waals surface area (Å²) in [6.45, 7) is 0. The van der Waals surface area contributed by atoms with Crippen molar-refractivity contribution in [2.24, 2.45) is 0 Å². The third-order valence-electron chi connectivity index (χ3n) is 3.73. The quantitative estimate of drug-likeness (QED) is 0.671. The van der Waals surface area contributed by atoms with E-state index in [2.05, 4.69) is 17.6 Å². The SMILES string of the molecule is O=C(S)CC(C(=O)O)c1nc2cccc(Cc3ccccc3)c2o1. The predicted octanol–water partition coefficient (Wildman–Crippen LogP) is 3.43. The monoisotopic (exact) mass is 341 g/mol. The van der Waals surface area contributed by atoms with Gasteiger partial charge in [-0.05, 0) is 11.6 Å². The van der Waals surface area contributed by atoms with E-state index >= 15 is 0 Å². The summed E-state index contributed by atoms with van der Waals surface area (Å²) in [7, 11) is 0. The van der Waals surface area contributed by atoms with Crippen molar-refractivity contribution in [2.45, 2.75) is 18.8 Å². The summed E-state index contributed by atoms with van der Waals surface area (Å²) >= 11 is 3.66. The van der Waals surface area contributed by atoms with E-state index < -0.39 is 17.0 Å². The van der Waals surface area contributed by atoms with E-state index in [1.165, 1.54) is 0 Å². The van der Waals surface area contributed by atoms with Crippen molar-refractivity contribution in [2.75, 3.05) is 0 Å². The van der Waals surface area contributed by atoms with Crippen molar-refractivity contribution < 1.29 is 19.1 Å². The van der Waals surface area contributed by atoms with Crippen molar-refractivity contribution >= 4 is 34.8 Å². The van der Waals surface area contributed by atoms with Gasteiger partial charge in [0.1, 0.15) is 11.4 Å². The molecule has 3 rings (SSSR count). The van der Waals surface area contributed by atoms with Gasteiger partial charge in [-0.15, -0.1) is 12.6 Å². The summed E-state index contributed by atoms with van der Waals surface area (Å²) in [6, 6.07) is 15.4. The van der Waals surface area contributed by atoms with Gasteiger partial charge in [0.25, 0.3) is 0 Å². The van der Waals surface area contributed by atoms with Crippen LogP contribution in [0.15, 0.2) is 52.9 Å². The Morgan fingerprint density at radius 2 is 1.88 bits per heavy atom. The number of para-hydroxylation sites is 1. The number of nitrogens with zero attached hydrogens (tertiary/aromatic N) is 1. The molecule has 1 unspecified atom stereocenters. The maximum absolute atomic E-state index is 11.4. The van der Waals surface area contributed by atoms with Gasteiger partial charge in [0, 0.05) is 18.4 Å². The van der Waals surface area contributed by atoms with Crippen LogP contribution in [-0.2, 0) is 16.0 Å². The number of hydrogen-bond acceptors (Lipinski definition) is 4. The number of carbonyl (C=O) groups is 2. The Kier molecular flexibility index (Phi) is 4.66. The Morgan fingerprint density at radius 3 is 2.54 bits per heavy atom. The first kappa shape index (κ1) is 16.3. The fraction of sp³-hybridized carbons (Fsp3) is 0.167. The van der Waals surface area contributed by atoms with Crippen LogP contribution in [0.1, 0.15) is 29.4 Å². The van der Waals surface area contributed by atoms with Crippen molar-refractivity contribution in [3.63, 3.8) is 0 Å². The number of aromatic nitrogens is 1. The average molecular weight is 341 g/mol. The van der Waals surface area contributed by atoms with E-state index in [4.69, 9.17) is 4.42 Å². The van der Waals surface area contributed by atoms with Gasteiger partial charge in [0.05, 0.1) is 0 Å². The van der Waals surface area contributed by atoms with Gasteiger partial charge in [-0.1, -0.05) is 42.5 Å². The second kappa shape index (κ2) is 6.88. The molecule has 2 aromatic carbocycles. The van der Waals surface area contributed by atoms with E-state index in [1.807, 2.05) is 42.5 Å². The lowest BCUT2D eigenvalue weighted by Crippen LogP contribution is -2.14. The third-order valence-corrected chi connectivity index (χ3v) is 3.91. The van der Waals surface area contributed by atoms with Crippen molar-refractivity contribution in [1.29, 1.82) is 0 Å². The number of carboxylic acid groups (broad SMARTS) is 1. The zero-order valence-electron chi connectivity index (χ0n) is 12.7. The van der Waals surface area contributed by atoms with Crippen molar-refractivity contribution in [1.82, 2.24) is 4.98 Å². The second-order valence-electron chi connectivity index (χ2n) is 5.47. The molecule has 0 radical (unpaired) electrons. The molecule has 24 heavy (non-hydrogen) atoms. The minimum Gasteiger partial charge on any atom is -0.481 e. The van der Waals surface area contributed by atoms with Crippen LogP contribution in [-0.4, -0.2) is 21.2 Å². The molecule has 0 bridgehead atoms. The van der Waals surface area contributed by atoms with E-state index in [1.54, 1.807) is 6.07 Å². The van der Waals surface area contributed by atoms with Crippen LogP contribution in [0, 0.1) is 0 Å². The summed E-state index contributed by atoms with van der Waals surface area (Å²) in [5.41, 5.74) is 3.16. The van der Waals surface area contributed by atoms with E-state index in [0.717, 1.165) is 11.1 Å². The summed E-state index contributed by atoms with van der Waals surface area (Å²) in [6.07, 6.45) is 0.384. The first-order valence-corrected chi connectivity index (χ1v) is 7.86. The molecule has 0 aliphatic rings. The zero-order valence-corrected chi connectivity index (χ0v) is 13.6.